The van der Waals surface area contributed by atoms with Crippen molar-refractivity contribution >= 4 is 23.5 Å². The van der Waals surface area contributed by atoms with E-state index in [-0.39, 0.29) is 23.7 Å². The summed E-state index contributed by atoms with van der Waals surface area (Å²) >= 11 is 5.58. The van der Waals surface area contributed by atoms with Crippen LogP contribution in [0.15, 0.2) is 18.2 Å². The molecule has 6 heteroatoms. The topological polar surface area (TPSA) is 46.6 Å². The summed E-state index contributed by atoms with van der Waals surface area (Å²) in [7, 11) is 0. The van der Waals surface area contributed by atoms with Gasteiger partial charge in [0.25, 0.3) is 5.91 Å². The molecule has 0 radical (unpaired) electrons. The summed E-state index contributed by atoms with van der Waals surface area (Å²) in [4.78, 5) is 25.1. The number of benzene rings is 1. The highest BCUT2D eigenvalue weighted by Crippen LogP contribution is 2.17. The van der Waals surface area contributed by atoms with Crippen molar-refractivity contribution < 1.29 is 18.7 Å². The quantitative estimate of drug-likeness (QED) is 0.759. The van der Waals surface area contributed by atoms with Crippen LogP contribution in [-0.2, 0) is 9.53 Å². The van der Waals surface area contributed by atoms with Crippen LogP contribution >= 0.6 is 11.6 Å². The molecule has 0 bridgehead atoms. The molecule has 0 aliphatic carbocycles. The first-order valence-corrected chi connectivity index (χ1v) is 6.77. The molecule has 0 aliphatic heterocycles. The van der Waals surface area contributed by atoms with Crippen LogP contribution in [0.1, 0.15) is 30.6 Å². The third-order valence-electron chi connectivity index (χ3n) is 2.57. The second kappa shape index (κ2) is 7.85. The van der Waals surface area contributed by atoms with E-state index in [1.165, 1.54) is 17.0 Å². The molecule has 0 unspecified atom stereocenters. The van der Waals surface area contributed by atoms with E-state index < -0.39 is 17.7 Å². The molecule has 110 valence electrons. The van der Waals surface area contributed by atoms with Gasteiger partial charge in [-0.1, -0.05) is 18.5 Å². The highest BCUT2D eigenvalue weighted by atomic mass is 35.5. The predicted molar refractivity (Wildman–Crippen MR) is 74.2 cm³/mol. The minimum atomic E-state index is -0.662. The molecule has 0 spiro atoms. The minimum Gasteiger partial charge on any atom is -0.465 e. The Balaban J connectivity index is 2.87. The van der Waals surface area contributed by atoms with Crippen LogP contribution in [0.4, 0.5) is 4.39 Å². The molecule has 0 aliphatic rings. The SMILES string of the molecule is CCCN(CC(=O)OCC)C(=O)c1ccc(Cl)c(F)c1. The van der Waals surface area contributed by atoms with Gasteiger partial charge in [-0.3, -0.25) is 9.59 Å². The van der Waals surface area contributed by atoms with Gasteiger partial charge < -0.3 is 9.64 Å². The Kier molecular flexibility index (Phi) is 6.45. The van der Waals surface area contributed by atoms with Gasteiger partial charge in [-0.05, 0) is 31.5 Å². The van der Waals surface area contributed by atoms with Gasteiger partial charge in [-0.25, -0.2) is 4.39 Å². The number of carbonyl (C=O) groups is 2. The molecule has 0 atom stereocenters. The monoisotopic (exact) mass is 301 g/mol. The smallest absolute Gasteiger partial charge is 0.325 e. The summed E-state index contributed by atoms with van der Waals surface area (Å²) in [5.74, 6) is -1.57. The Morgan fingerprint density at radius 1 is 1.35 bits per heavy atom. The first kappa shape index (κ1) is 16.4. The molecule has 0 saturated heterocycles. The molecule has 0 aromatic heterocycles. The lowest BCUT2D eigenvalue weighted by Gasteiger charge is -2.21. The van der Waals surface area contributed by atoms with E-state index in [0.29, 0.717) is 13.0 Å². The van der Waals surface area contributed by atoms with E-state index in [1.54, 1.807) is 6.92 Å². The van der Waals surface area contributed by atoms with Crippen molar-refractivity contribution in [1.29, 1.82) is 0 Å². The summed E-state index contributed by atoms with van der Waals surface area (Å²) in [5, 5.41) is -0.0472. The third kappa shape index (κ3) is 4.49. The maximum Gasteiger partial charge on any atom is 0.325 e. The van der Waals surface area contributed by atoms with Crippen LogP contribution in [0, 0.1) is 5.82 Å². The second-order valence-electron chi connectivity index (χ2n) is 4.16. The average Bonchev–Trinajstić information content (AvgIpc) is 2.41. The first-order chi connectivity index (χ1) is 9.49. The summed E-state index contributed by atoms with van der Waals surface area (Å²) in [6.45, 7) is 4.07. The number of carbonyl (C=O) groups excluding carboxylic acids is 2. The van der Waals surface area contributed by atoms with Crippen molar-refractivity contribution in [3.05, 3.63) is 34.6 Å². The highest BCUT2D eigenvalue weighted by Gasteiger charge is 2.19. The van der Waals surface area contributed by atoms with Gasteiger partial charge in [-0.15, -0.1) is 0 Å². The lowest BCUT2D eigenvalue weighted by Crippen LogP contribution is -2.37. The molecule has 20 heavy (non-hydrogen) atoms. The lowest BCUT2D eigenvalue weighted by atomic mass is 10.2. The molecule has 0 heterocycles. The summed E-state index contributed by atoms with van der Waals surface area (Å²) in [5.41, 5.74) is 0.157. The van der Waals surface area contributed by atoms with Crippen molar-refractivity contribution in [2.24, 2.45) is 0 Å². The number of amides is 1. The molecule has 1 aromatic rings. The Bertz CT molecular complexity index is 493. The number of hydrogen-bond donors (Lipinski definition) is 0. The lowest BCUT2D eigenvalue weighted by molar-refractivity contribution is -0.143. The summed E-state index contributed by atoms with van der Waals surface area (Å²) < 4.78 is 18.2. The predicted octanol–water partition coefficient (Wildman–Crippen LogP) is 2.89. The molecule has 0 N–H and O–H groups in total. The maximum atomic E-state index is 13.4. The largest absolute Gasteiger partial charge is 0.465 e. The van der Waals surface area contributed by atoms with Crippen LogP contribution in [0.5, 0.6) is 0 Å². The molecule has 0 saturated carbocycles. The number of ether oxygens (including phenoxy) is 1. The Morgan fingerprint density at radius 2 is 2.05 bits per heavy atom. The number of nitrogens with zero attached hydrogens (tertiary/aromatic N) is 1. The van der Waals surface area contributed by atoms with Crippen LogP contribution in [0.2, 0.25) is 5.02 Å². The van der Waals surface area contributed by atoms with Gasteiger partial charge in [0.1, 0.15) is 12.4 Å². The van der Waals surface area contributed by atoms with E-state index in [0.717, 1.165) is 6.07 Å². The molecule has 1 aromatic carbocycles. The van der Waals surface area contributed by atoms with Crippen LogP contribution in [0.25, 0.3) is 0 Å². The van der Waals surface area contributed by atoms with Gasteiger partial charge >= 0.3 is 5.97 Å². The zero-order chi connectivity index (χ0) is 15.1. The Labute approximate surface area is 122 Å². The van der Waals surface area contributed by atoms with E-state index in [4.69, 9.17) is 16.3 Å². The van der Waals surface area contributed by atoms with Gasteiger partial charge in [0.05, 0.1) is 11.6 Å². The molecule has 1 amide bonds. The summed E-state index contributed by atoms with van der Waals surface area (Å²) in [6, 6.07) is 3.82. The van der Waals surface area contributed by atoms with E-state index in [2.05, 4.69) is 0 Å². The van der Waals surface area contributed by atoms with E-state index in [9.17, 15) is 14.0 Å². The molecule has 0 fully saturated rings. The maximum absolute atomic E-state index is 13.4. The van der Waals surface area contributed by atoms with E-state index in [1.807, 2.05) is 6.92 Å². The van der Waals surface area contributed by atoms with Crippen molar-refractivity contribution in [2.75, 3.05) is 19.7 Å². The van der Waals surface area contributed by atoms with E-state index >= 15 is 0 Å². The second-order valence-corrected chi connectivity index (χ2v) is 4.57. The Hall–Kier alpha value is -1.62. The zero-order valence-corrected chi connectivity index (χ0v) is 12.2. The number of hydrogen-bond acceptors (Lipinski definition) is 3. The van der Waals surface area contributed by atoms with Crippen LogP contribution in [0.3, 0.4) is 0 Å². The third-order valence-corrected chi connectivity index (χ3v) is 2.88. The van der Waals surface area contributed by atoms with Crippen molar-refractivity contribution in [2.45, 2.75) is 20.3 Å². The Morgan fingerprint density at radius 3 is 2.60 bits per heavy atom. The number of esters is 1. The zero-order valence-electron chi connectivity index (χ0n) is 11.5. The van der Waals surface area contributed by atoms with Crippen LogP contribution < -0.4 is 0 Å². The van der Waals surface area contributed by atoms with Crippen molar-refractivity contribution in [3.8, 4) is 0 Å². The average molecular weight is 302 g/mol. The first-order valence-electron chi connectivity index (χ1n) is 6.39. The minimum absolute atomic E-state index is 0.0472. The van der Waals surface area contributed by atoms with Crippen molar-refractivity contribution in [3.63, 3.8) is 0 Å². The van der Waals surface area contributed by atoms with Gasteiger partial charge in [-0.2, -0.15) is 0 Å². The van der Waals surface area contributed by atoms with Gasteiger partial charge in [0, 0.05) is 12.1 Å². The molecular formula is C14H17ClFNO3. The number of halogens is 2. The van der Waals surface area contributed by atoms with Crippen molar-refractivity contribution in [1.82, 2.24) is 4.90 Å². The fourth-order valence-corrected chi connectivity index (χ4v) is 1.81. The van der Waals surface area contributed by atoms with Crippen LogP contribution in [-0.4, -0.2) is 36.5 Å². The fraction of sp³-hybridized carbons (Fsp3) is 0.429. The molecular weight excluding hydrogens is 285 g/mol. The molecule has 4 nitrogen and oxygen atoms in total. The standard InChI is InChI=1S/C14H17ClFNO3/c1-3-7-17(9-13(18)20-4-2)14(19)10-5-6-11(15)12(16)8-10/h5-6,8H,3-4,7,9H2,1-2H3. The van der Waals surface area contributed by atoms with Gasteiger partial charge in [0.15, 0.2) is 0 Å². The van der Waals surface area contributed by atoms with Gasteiger partial charge in [0.2, 0.25) is 0 Å². The highest BCUT2D eigenvalue weighted by molar-refractivity contribution is 6.30. The fourth-order valence-electron chi connectivity index (χ4n) is 1.70. The number of rotatable bonds is 6. The summed E-state index contributed by atoms with van der Waals surface area (Å²) in [6.07, 6.45) is 0.682. The molecule has 1 rings (SSSR count). The normalized spacial score (nSPS) is 10.2.